The number of aryl methyl sites for hydroxylation is 2. The summed E-state index contributed by atoms with van der Waals surface area (Å²) < 4.78 is 13.6. The van der Waals surface area contributed by atoms with Gasteiger partial charge < -0.3 is 24.5 Å². The summed E-state index contributed by atoms with van der Waals surface area (Å²) in [6.45, 7) is 6.29. The van der Waals surface area contributed by atoms with E-state index in [1.165, 1.54) is 0 Å². The summed E-state index contributed by atoms with van der Waals surface area (Å²) in [4.78, 5) is 27.2. The summed E-state index contributed by atoms with van der Waals surface area (Å²) in [7, 11) is 1.58. The Balaban J connectivity index is 1.49. The molecule has 0 saturated carbocycles. The van der Waals surface area contributed by atoms with Gasteiger partial charge in [-0.25, -0.2) is 4.52 Å². The molecule has 1 aliphatic rings. The first-order valence-electron chi connectivity index (χ1n) is 11.6. The second-order valence-electron chi connectivity index (χ2n) is 9.36. The Hall–Kier alpha value is -3.85. The molecular formula is C26H28N4O5. The summed E-state index contributed by atoms with van der Waals surface area (Å²) in [5, 5.41) is 18.1. The fourth-order valence-electron chi connectivity index (χ4n) is 4.88. The predicted octanol–water partition coefficient (Wildman–Crippen LogP) is 3.84. The lowest BCUT2D eigenvalue weighted by atomic mass is 9.94. The molecule has 1 atom stereocenters. The number of aliphatic hydroxyl groups is 1. The van der Waals surface area contributed by atoms with Crippen molar-refractivity contribution in [1.82, 2.24) is 19.8 Å². The number of fused-ring (bicyclic) bond motifs is 2. The van der Waals surface area contributed by atoms with E-state index >= 15 is 0 Å². The molecule has 5 rings (SSSR count). The van der Waals surface area contributed by atoms with Crippen LogP contribution in [0.4, 0.5) is 0 Å². The highest BCUT2D eigenvalue weighted by Crippen LogP contribution is 2.34. The summed E-state index contributed by atoms with van der Waals surface area (Å²) in [6.07, 6.45) is 4.75. The van der Waals surface area contributed by atoms with Crippen molar-refractivity contribution in [3.05, 3.63) is 59.1 Å². The van der Waals surface area contributed by atoms with Gasteiger partial charge >= 0.3 is 0 Å². The molecule has 2 amide bonds. The summed E-state index contributed by atoms with van der Waals surface area (Å²) in [6, 6.07) is 7.06. The van der Waals surface area contributed by atoms with Crippen molar-refractivity contribution in [2.45, 2.75) is 39.2 Å². The van der Waals surface area contributed by atoms with Crippen LogP contribution in [-0.4, -0.2) is 57.2 Å². The Kier molecular flexibility index (Phi) is 5.52. The van der Waals surface area contributed by atoms with E-state index in [0.717, 1.165) is 12.0 Å². The van der Waals surface area contributed by atoms with E-state index in [1.807, 2.05) is 6.92 Å². The number of β-amino-alcohol motifs (C(OH)–C–C–N with tert-alkyl or cyclic N) is 1. The second-order valence-corrected chi connectivity index (χ2v) is 9.36. The largest absolute Gasteiger partial charge is 0.460 e. The van der Waals surface area contributed by atoms with Crippen LogP contribution in [0.3, 0.4) is 0 Å². The summed E-state index contributed by atoms with van der Waals surface area (Å²) in [5.74, 6) is 1.26. The number of hydrogen-bond acceptors (Lipinski definition) is 6. The quantitative estimate of drug-likeness (QED) is 0.463. The van der Waals surface area contributed by atoms with E-state index < -0.39 is 5.60 Å². The Morgan fingerprint density at radius 2 is 2.06 bits per heavy atom. The minimum absolute atomic E-state index is 0.131. The zero-order valence-corrected chi connectivity index (χ0v) is 20.2. The number of carbonyl (C=O) groups excluding carboxylic acids is 2. The maximum atomic E-state index is 13.3. The first-order chi connectivity index (χ1) is 16.7. The molecule has 1 saturated heterocycles. The molecule has 4 heterocycles. The van der Waals surface area contributed by atoms with Gasteiger partial charge in [0, 0.05) is 43.9 Å². The van der Waals surface area contributed by atoms with Gasteiger partial charge in [-0.15, -0.1) is 0 Å². The standard InChI is InChI=1S/C26H28N4O5/c1-15-19(25(32)29-11-5-9-26(3,33)14-29)13-30-23(15)20(8-10-28-30)35-17-6-7-18-21(12-17)34-16(2)22(18)24(31)27-4/h6-8,10,12-13,33H,5,9,11,14H2,1-4H3,(H,27,31)/t26-/m1/s1. The SMILES string of the molecule is CNC(=O)c1c(C)oc2cc(Oc3ccnn4cc(C(=O)N5CCC[C@@](C)(O)C5)c(C)c34)ccc12. The van der Waals surface area contributed by atoms with Crippen LogP contribution in [-0.2, 0) is 0 Å². The highest BCUT2D eigenvalue weighted by molar-refractivity contribution is 6.07. The Morgan fingerprint density at radius 3 is 2.80 bits per heavy atom. The zero-order chi connectivity index (χ0) is 24.9. The first-order valence-corrected chi connectivity index (χ1v) is 11.6. The molecular weight excluding hydrogens is 448 g/mol. The average Bonchev–Trinajstić information content (AvgIpc) is 3.33. The number of ether oxygens (including phenoxy) is 1. The topological polar surface area (TPSA) is 109 Å². The molecule has 3 aromatic heterocycles. The lowest BCUT2D eigenvalue weighted by Gasteiger charge is -2.36. The van der Waals surface area contributed by atoms with Gasteiger partial charge in [0.2, 0.25) is 0 Å². The van der Waals surface area contributed by atoms with Crippen LogP contribution < -0.4 is 10.1 Å². The molecule has 35 heavy (non-hydrogen) atoms. The molecule has 0 bridgehead atoms. The number of piperidine rings is 1. The molecule has 1 aromatic carbocycles. The van der Waals surface area contributed by atoms with E-state index in [4.69, 9.17) is 9.15 Å². The fraction of sp³-hybridized carbons (Fsp3) is 0.346. The van der Waals surface area contributed by atoms with Crippen LogP contribution in [0.15, 0.2) is 41.1 Å². The van der Waals surface area contributed by atoms with Crippen molar-refractivity contribution in [2.24, 2.45) is 0 Å². The number of carbonyl (C=O) groups is 2. The van der Waals surface area contributed by atoms with Crippen molar-refractivity contribution >= 4 is 28.3 Å². The van der Waals surface area contributed by atoms with Gasteiger partial charge in [0.1, 0.15) is 22.6 Å². The number of amides is 2. The maximum Gasteiger partial charge on any atom is 0.255 e. The molecule has 4 aromatic rings. The van der Waals surface area contributed by atoms with Gasteiger partial charge in [-0.2, -0.15) is 5.10 Å². The van der Waals surface area contributed by atoms with Gasteiger partial charge in [0.15, 0.2) is 5.75 Å². The average molecular weight is 477 g/mol. The Labute approximate surface area is 202 Å². The Bertz CT molecular complexity index is 1470. The molecule has 0 aliphatic carbocycles. The van der Waals surface area contributed by atoms with Gasteiger partial charge in [-0.3, -0.25) is 9.59 Å². The first kappa shape index (κ1) is 22.9. The van der Waals surface area contributed by atoms with Crippen molar-refractivity contribution in [3.63, 3.8) is 0 Å². The molecule has 0 unspecified atom stereocenters. The summed E-state index contributed by atoms with van der Waals surface area (Å²) >= 11 is 0. The number of furan rings is 1. The van der Waals surface area contributed by atoms with Crippen molar-refractivity contribution in [1.29, 1.82) is 0 Å². The number of benzene rings is 1. The number of rotatable bonds is 4. The lowest BCUT2D eigenvalue weighted by Crippen LogP contribution is -2.48. The van der Waals surface area contributed by atoms with Crippen LogP contribution in [0.2, 0.25) is 0 Å². The van der Waals surface area contributed by atoms with E-state index in [9.17, 15) is 14.7 Å². The second kappa shape index (κ2) is 8.42. The number of nitrogens with zero attached hydrogens (tertiary/aromatic N) is 3. The molecule has 9 heteroatoms. The third-order valence-corrected chi connectivity index (χ3v) is 6.60. The predicted molar refractivity (Wildman–Crippen MR) is 130 cm³/mol. The normalized spacial score (nSPS) is 18.3. The number of hydrogen-bond donors (Lipinski definition) is 2. The third kappa shape index (κ3) is 4.01. The smallest absolute Gasteiger partial charge is 0.255 e. The van der Waals surface area contributed by atoms with E-state index in [1.54, 1.807) is 67.0 Å². The maximum absolute atomic E-state index is 13.3. The molecule has 1 fully saturated rings. The minimum Gasteiger partial charge on any atom is -0.460 e. The van der Waals surface area contributed by atoms with Crippen LogP contribution in [0.5, 0.6) is 11.5 Å². The van der Waals surface area contributed by atoms with Crippen LogP contribution in [0.1, 0.15) is 51.8 Å². The minimum atomic E-state index is -0.881. The third-order valence-electron chi connectivity index (χ3n) is 6.60. The van der Waals surface area contributed by atoms with Crippen LogP contribution in [0.25, 0.3) is 16.5 Å². The van der Waals surface area contributed by atoms with Gasteiger partial charge in [-0.05, 0) is 51.3 Å². The monoisotopic (exact) mass is 476 g/mol. The van der Waals surface area contributed by atoms with Gasteiger partial charge in [0.05, 0.1) is 22.9 Å². The van der Waals surface area contributed by atoms with E-state index in [0.29, 0.717) is 64.4 Å². The van der Waals surface area contributed by atoms with Crippen LogP contribution in [0, 0.1) is 13.8 Å². The number of likely N-dealkylation sites (tertiary alicyclic amines) is 1. The molecule has 182 valence electrons. The molecule has 0 radical (unpaired) electrons. The van der Waals surface area contributed by atoms with Gasteiger partial charge in [0.25, 0.3) is 11.8 Å². The Morgan fingerprint density at radius 1 is 1.26 bits per heavy atom. The zero-order valence-electron chi connectivity index (χ0n) is 20.2. The number of aromatic nitrogens is 2. The molecule has 0 spiro atoms. The van der Waals surface area contributed by atoms with Crippen molar-refractivity contribution in [2.75, 3.05) is 20.1 Å². The molecule has 9 nitrogen and oxygen atoms in total. The van der Waals surface area contributed by atoms with Crippen molar-refractivity contribution in [3.8, 4) is 11.5 Å². The van der Waals surface area contributed by atoms with E-state index in [-0.39, 0.29) is 11.8 Å². The molecule has 1 aliphatic heterocycles. The van der Waals surface area contributed by atoms with E-state index in [2.05, 4.69) is 10.4 Å². The molecule has 2 N–H and O–H groups in total. The summed E-state index contributed by atoms with van der Waals surface area (Å²) in [5.41, 5.74) is 2.13. The highest BCUT2D eigenvalue weighted by Gasteiger charge is 2.32. The fourth-order valence-corrected chi connectivity index (χ4v) is 4.88. The van der Waals surface area contributed by atoms with Gasteiger partial charge in [-0.1, -0.05) is 0 Å². The van der Waals surface area contributed by atoms with Crippen LogP contribution >= 0.6 is 0 Å². The lowest BCUT2D eigenvalue weighted by molar-refractivity contribution is -0.0107. The highest BCUT2D eigenvalue weighted by atomic mass is 16.5. The number of nitrogens with one attached hydrogen (secondary N) is 1. The van der Waals surface area contributed by atoms with Crippen molar-refractivity contribution < 1.29 is 23.8 Å².